The number of hydrogen-bond acceptors (Lipinski definition) is 4. The van der Waals surface area contributed by atoms with Gasteiger partial charge < -0.3 is 10.6 Å². The molecule has 6 nitrogen and oxygen atoms in total. The lowest BCUT2D eigenvalue weighted by Gasteiger charge is -2.36. The Kier molecular flexibility index (Phi) is 6.42. The van der Waals surface area contributed by atoms with Crippen LogP contribution in [0.2, 0.25) is 0 Å². The summed E-state index contributed by atoms with van der Waals surface area (Å²) in [7, 11) is 0. The molecule has 0 spiro atoms. The Morgan fingerprint density at radius 2 is 1.72 bits per heavy atom. The van der Waals surface area contributed by atoms with Crippen LogP contribution in [0, 0.1) is 0 Å². The molecular weight excluding hydrogens is 316 g/mol. The molecule has 6 heteroatoms. The second-order valence-electron chi connectivity index (χ2n) is 7.69. The fraction of sp³-hybridized carbons (Fsp3) is 0.579. The van der Waals surface area contributed by atoms with E-state index in [0.717, 1.165) is 31.6 Å². The van der Waals surface area contributed by atoms with Gasteiger partial charge >= 0.3 is 6.03 Å². The summed E-state index contributed by atoms with van der Waals surface area (Å²) in [5.41, 5.74) is 0.764. The van der Waals surface area contributed by atoms with Gasteiger partial charge in [0.2, 0.25) is 5.91 Å². The highest BCUT2D eigenvalue weighted by Gasteiger charge is 2.28. The van der Waals surface area contributed by atoms with Crippen molar-refractivity contribution >= 4 is 17.6 Å². The van der Waals surface area contributed by atoms with Crippen molar-refractivity contribution in [1.82, 2.24) is 15.5 Å². The summed E-state index contributed by atoms with van der Waals surface area (Å²) in [6.07, 6.45) is 1.95. The lowest BCUT2D eigenvalue weighted by Crippen LogP contribution is -2.54. The Morgan fingerprint density at radius 3 is 2.28 bits per heavy atom. The number of carbonyl (C=O) groups excluding carboxylic acids is 2. The number of benzene rings is 1. The van der Waals surface area contributed by atoms with E-state index in [2.05, 4.69) is 33.0 Å². The largest absolute Gasteiger partial charge is 0.382 e. The minimum atomic E-state index is -0.440. The molecule has 0 unspecified atom stereocenters. The van der Waals surface area contributed by atoms with E-state index < -0.39 is 6.03 Å². The molecule has 3 amide bonds. The van der Waals surface area contributed by atoms with Crippen molar-refractivity contribution < 1.29 is 9.59 Å². The number of nitrogens with zero attached hydrogens (tertiary/aromatic N) is 1. The van der Waals surface area contributed by atoms with Crippen molar-refractivity contribution in [3.63, 3.8) is 0 Å². The van der Waals surface area contributed by atoms with Gasteiger partial charge in [-0.15, -0.1) is 0 Å². The summed E-state index contributed by atoms with van der Waals surface area (Å²) in [5, 5.41) is 8.72. The minimum absolute atomic E-state index is 0.254. The van der Waals surface area contributed by atoms with Crippen LogP contribution < -0.4 is 16.0 Å². The summed E-state index contributed by atoms with van der Waals surface area (Å²) in [5.74, 6) is -0.254. The van der Waals surface area contributed by atoms with Crippen LogP contribution in [0.25, 0.3) is 0 Å². The maximum atomic E-state index is 12.3. The van der Waals surface area contributed by atoms with Gasteiger partial charge in [-0.25, -0.2) is 4.79 Å². The van der Waals surface area contributed by atoms with E-state index in [1.807, 2.05) is 45.9 Å². The predicted octanol–water partition coefficient (Wildman–Crippen LogP) is 2.58. The molecule has 25 heavy (non-hydrogen) atoms. The molecule has 2 rings (SSSR count). The molecule has 1 aliphatic heterocycles. The molecule has 3 N–H and O–H groups in total. The first-order valence-electron chi connectivity index (χ1n) is 8.93. The average molecular weight is 346 g/mol. The smallest absolute Gasteiger partial charge is 0.321 e. The summed E-state index contributed by atoms with van der Waals surface area (Å²) < 4.78 is 0. The molecule has 1 aliphatic rings. The summed E-state index contributed by atoms with van der Waals surface area (Å²) in [6, 6.07) is 9.83. The SMILES string of the molecule is C[C@H](C(=O)NC(=O)NC(C)(C)C)N1CCC(Nc2ccccc2)CC1. The third kappa shape index (κ3) is 6.38. The third-order valence-electron chi connectivity index (χ3n) is 4.33. The second-order valence-corrected chi connectivity index (χ2v) is 7.69. The molecule has 1 fully saturated rings. The Balaban J connectivity index is 1.77. The monoisotopic (exact) mass is 346 g/mol. The van der Waals surface area contributed by atoms with Crippen LogP contribution in [0.4, 0.5) is 10.5 Å². The van der Waals surface area contributed by atoms with E-state index in [1.165, 1.54) is 0 Å². The molecule has 0 bridgehead atoms. The fourth-order valence-corrected chi connectivity index (χ4v) is 2.96. The molecule has 0 saturated carbocycles. The second kappa shape index (κ2) is 8.34. The van der Waals surface area contributed by atoms with Crippen molar-refractivity contribution in [2.24, 2.45) is 0 Å². The molecule has 1 aromatic rings. The number of nitrogens with one attached hydrogen (secondary N) is 3. The zero-order chi connectivity index (χ0) is 18.4. The lowest BCUT2D eigenvalue weighted by atomic mass is 10.0. The minimum Gasteiger partial charge on any atom is -0.382 e. The number of hydrogen-bond donors (Lipinski definition) is 3. The molecule has 1 saturated heterocycles. The molecule has 1 aromatic carbocycles. The number of urea groups is 1. The number of imide groups is 1. The average Bonchev–Trinajstić information content (AvgIpc) is 2.54. The standard InChI is InChI=1S/C19H30N4O2/c1-14(17(24)21-18(25)22-19(2,3)4)23-12-10-16(11-13-23)20-15-8-6-5-7-9-15/h5-9,14,16,20H,10-13H2,1-4H3,(H2,21,22,24,25)/t14-/m1/s1. The Morgan fingerprint density at radius 1 is 1.12 bits per heavy atom. The van der Waals surface area contributed by atoms with E-state index in [9.17, 15) is 9.59 Å². The zero-order valence-electron chi connectivity index (χ0n) is 15.6. The fourth-order valence-electron chi connectivity index (χ4n) is 2.96. The zero-order valence-corrected chi connectivity index (χ0v) is 15.6. The van der Waals surface area contributed by atoms with Crippen LogP contribution in [-0.2, 0) is 4.79 Å². The topological polar surface area (TPSA) is 73.5 Å². The molecule has 0 aromatic heterocycles. The normalized spacial score (nSPS) is 17.6. The van der Waals surface area contributed by atoms with Gasteiger partial charge in [-0.3, -0.25) is 15.0 Å². The van der Waals surface area contributed by atoms with E-state index >= 15 is 0 Å². The van der Waals surface area contributed by atoms with Crippen LogP contribution in [0.1, 0.15) is 40.5 Å². The molecule has 1 atom stereocenters. The number of likely N-dealkylation sites (tertiary alicyclic amines) is 1. The van der Waals surface area contributed by atoms with Crippen molar-refractivity contribution in [1.29, 1.82) is 0 Å². The Bertz CT molecular complexity index is 575. The first-order valence-corrected chi connectivity index (χ1v) is 8.93. The van der Waals surface area contributed by atoms with Gasteiger partial charge in [0.25, 0.3) is 0 Å². The van der Waals surface area contributed by atoms with Crippen LogP contribution in [-0.4, -0.2) is 47.6 Å². The number of rotatable bonds is 4. The van der Waals surface area contributed by atoms with Crippen molar-refractivity contribution in [3.8, 4) is 0 Å². The first-order chi connectivity index (χ1) is 11.7. The van der Waals surface area contributed by atoms with Gasteiger partial charge in [0.15, 0.2) is 0 Å². The highest BCUT2D eigenvalue weighted by atomic mass is 16.2. The number of amides is 3. The van der Waals surface area contributed by atoms with Crippen LogP contribution in [0.3, 0.4) is 0 Å². The lowest BCUT2D eigenvalue weighted by molar-refractivity contribution is -0.125. The Hall–Kier alpha value is -2.08. The van der Waals surface area contributed by atoms with Gasteiger partial charge in [-0.2, -0.15) is 0 Å². The predicted molar refractivity (Wildman–Crippen MR) is 101 cm³/mol. The van der Waals surface area contributed by atoms with Crippen molar-refractivity contribution in [2.45, 2.75) is 58.2 Å². The molecule has 138 valence electrons. The number of carbonyl (C=O) groups is 2. The van der Waals surface area contributed by atoms with Crippen molar-refractivity contribution in [3.05, 3.63) is 30.3 Å². The molecule has 0 aliphatic carbocycles. The maximum Gasteiger partial charge on any atom is 0.321 e. The Labute approximate surface area is 150 Å². The number of anilines is 1. The van der Waals surface area contributed by atoms with Gasteiger partial charge in [0, 0.05) is 30.4 Å². The third-order valence-corrected chi connectivity index (χ3v) is 4.33. The number of para-hydroxylation sites is 1. The number of piperidine rings is 1. The molecule has 0 radical (unpaired) electrons. The van der Waals surface area contributed by atoms with E-state index in [1.54, 1.807) is 0 Å². The van der Waals surface area contributed by atoms with Gasteiger partial charge in [-0.1, -0.05) is 18.2 Å². The molecule has 1 heterocycles. The van der Waals surface area contributed by atoms with Crippen LogP contribution >= 0.6 is 0 Å². The first kappa shape index (κ1) is 19.2. The van der Waals surface area contributed by atoms with Gasteiger partial charge in [-0.05, 0) is 52.7 Å². The summed E-state index contributed by atoms with van der Waals surface area (Å²) >= 11 is 0. The molecular formula is C19H30N4O2. The van der Waals surface area contributed by atoms with Gasteiger partial charge in [0.05, 0.1) is 6.04 Å². The van der Waals surface area contributed by atoms with E-state index in [4.69, 9.17) is 0 Å². The highest BCUT2D eigenvalue weighted by molar-refractivity contribution is 5.97. The summed E-state index contributed by atoms with van der Waals surface area (Å²) in [6.45, 7) is 9.16. The van der Waals surface area contributed by atoms with Crippen LogP contribution in [0.5, 0.6) is 0 Å². The van der Waals surface area contributed by atoms with Crippen molar-refractivity contribution in [2.75, 3.05) is 18.4 Å². The van der Waals surface area contributed by atoms with Crippen LogP contribution in [0.15, 0.2) is 30.3 Å². The van der Waals surface area contributed by atoms with Gasteiger partial charge in [0.1, 0.15) is 0 Å². The maximum absolute atomic E-state index is 12.3. The van der Waals surface area contributed by atoms with E-state index in [-0.39, 0.29) is 17.5 Å². The summed E-state index contributed by atoms with van der Waals surface area (Å²) in [4.78, 5) is 26.2. The van der Waals surface area contributed by atoms with E-state index in [0.29, 0.717) is 6.04 Å². The quantitative estimate of drug-likeness (QED) is 0.783. The highest BCUT2D eigenvalue weighted by Crippen LogP contribution is 2.18.